The number of sulfonamides is 1. The molecule has 0 radical (unpaired) electrons. The topological polar surface area (TPSA) is 117 Å². The minimum Gasteiger partial charge on any atom is -0.481 e. The zero-order valence-electron chi connectivity index (χ0n) is 17.2. The molecule has 1 fully saturated rings. The molecule has 1 aromatic carbocycles. The molecule has 0 saturated carbocycles. The predicted molar refractivity (Wildman–Crippen MR) is 112 cm³/mol. The lowest BCUT2D eigenvalue weighted by molar-refractivity contribution is -0.138. The molecule has 9 heteroatoms. The highest BCUT2D eigenvalue weighted by Crippen LogP contribution is 2.23. The third-order valence-corrected chi connectivity index (χ3v) is 6.94. The van der Waals surface area contributed by atoms with Gasteiger partial charge in [0.2, 0.25) is 15.9 Å². The first kappa shape index (κ1) is 22.2. The summed E-state index contributed by atoms with van der Waals surface area (Å²) in [4.78, 5) is 30.0. The zero-order chi connectivity index (χ0) is 21.9. The van der Waals surface area contributed by atoms with Crippen molar-refractivity contribution in [2.45, 2.75) is 50.5 Å². The summed E-state index contributed by atoms with van der Waals surface area (Å²) < 4.78 is 28.8. The molecule has 0 aliphatic carbocycles. The largest absolute Gasteiger partial charge is 0.481 e. The Hall–Kier alpha value is -2.52. The Morgan fingerprint density at radius 1 is 1.30 bits per heavy atom. The molecule has 1 aliphatic heterocycles. The van der Waals surface area contributed by atoms with E-state index >= 15 is 0 Å². The van der Waals surface area contributed by atoms with E-state index in [1.807, 2.05) is 13.0 Å². The number of carboxylic acids is 1. The molecular weight excluding hydrogens is 406 g/mol. The number of piperidine rings is 1. The van der Waals surface area contributed by atoms with E-state index in [9.17, 15) is 18.0 Å². The predicted octanol–water partition coefficient (Wildman–Crippen LogP) is 2.31. The average molecular weight is 434 g/mol. The molecule has 2 heterocycles. The molecule has 1 amide bonds. The first-order valence-electron chi connectivity index (χ1n) is 10.1. The van der Waals surface area contributed by atoms with Crippen LogP contribution in [0.5, 0.6) is 0 Å². The van der Waals surface area contributed by atoms with E-state index < -0.39 is 22.0 Å². The van der Waals surface area contributed by atoms with Crippen LogP contribution in [0.2, 0.25) is 0 Å². The van der Waals surface area contributed by atoms with Crippen LogP contribution >= 0.6 is 0 Å². The lowest BCUT2D eigenvalue weighted by Crippen LogP contribution is -2.50. The number of carbonyl (C=O) groups excluding carboxylic acids is 1. The number of fused-ring (bicyclic) bond motifs is 1. The maximum atomic E-state index is 13.2. The number of hydrogen-bond donors (Lipinski definition) is 2. The molecule has 0 spiro atoms. The summed E-state index contributed by atoms with van der Waals surface area (Å²) >= 11 is 0. The van der Waals surface area contributed by atoms with Gasteiger partial charge in [0, 0.05) is 31.1 Å². The monoisotopic (exact) mass is 433 g/mol. The fraction of sp³-hybridized carbons (Fsp3) is 0.476. The van der Waals surface area contributed by atoms with Crippen LogP contribution in [0, 0.1) is 12.8 Å². The molecule has 2 N–H and O–H groups in total. The van der Waals surface area contributed by atoms with Crippen LogP contribution in [0.3, 0.4) is 0 Å². The van der Waals surface area contributed by atoms with E-state index in [2.05, 4.69) is 16.6 Å². The van der Waals surface area contributed by atoms with E-state index in [0.717, 1.165) is 18.4 Å². The third-order valence-electron chi connectivity index (χ3n) is 5.44. The first-order valence-corrected chi connectivity index (χ1v) is 11.5. The second-order valence-corrected chi connectivity index (χ2v) is 9.64. The standard InChI is InChI=1S/C21H27N3O5S/c1-14-8-10-24(11-9-14)21(27)17(6-7-19(25)26)23-30(28,29)18-5-3-4-16-12-15(2)13-22-20(16)18/h3-5,12-14,17,23H,6-11H2,1-2H3,(H,25,26)/t17-/m0/s1. The fourth-order valence-corrected chi connectivity index (χ4v) is 5.06. The highest BCUT2D eigenvalue weighted by molar-refractivity contribution is 7.89. The third kappa shape index (κ3) is 5.14. The van der Waals surface area contributed by atoms with Gasteiger partial charge in [-0.25, -0.2) is 8.42 Å². The Bertz CT molecular complexity index is 1050. The number of nitrogens with one attached hydrogen (secondary N) is 1. The zero-order valence-corrected chi connectivity index (χ0v) is 18.0. The number of likely N-dealkylation sites (tertiary alicyclic amines) is 1. The van der Waals surface area contributed by atoms with Crippen LogP contribution in [-0.2, 0) is 19.6 Å². The number of aliphatic carboxylic acids is 1. The maximum Gasteiger partial charge on any atom is 0.303 e. The molecule has 1 aromatic heterocycles. The quantitative estimate of drug-likeness (QED) is 0.692. The molecule has 162 valence electrons. The number of aryl methyl sites for hydroxylation is 1. The molecule has 1 aliphatic rings. The number of nitrogens with zero attached hydrogens (tertiary/aromatic N) is 2. The summed E-state index contributed by atoms with van der Waals surface area (Å²) in [6.45, 7) is 5.06. The molecular formula is C21H27N3O5S. The minimum atomic E-state index is -4.09. The highest BCUT2D eigenvalue weighted by Gasteiger charge is 2.32. The van der Waals surface area contributed by atoms with Crippen molar-refractivity contribution in [1.82, 2.24) is 14.6 Å². The van der Waals surface area contributed by atoms with Crippen molar-refractivity contribution in [3.63, 3.8) is 0 Å². The minimum absolute atomic E-state index is 0.0274. The number of hydrogen-bond acceptors (Lipinski definition) is 5. The lowest BCUT2D eigenvalue weighted by Gasteiger charge is -2.33. The lowest BCUT2D eigenvalue weighted by atomic mass is 9.98. The fourth-order valence-electron chi connectivity index (χ4n) is 3.66. The van der Waals surface area contributed by atoms with Gasteiger partial charge in [-0.05, 0) is 49.8 Å². The molecule has 3 rings (SSSR count). The van der Waals surface area contributed by atoms with Crippen molar-refractivity contribution in [3.8, 4) is 0 Å². The number of aromatic nitrogens is 1. The van der Waals surface area contributed by atoms with Crippen LogP contribution in [-0.4, -0.2) is 54.4 Å². The Labute approximate surface area is 176 Å². The molecule has 8 nitrogen and oxygen atoms in total. The van der Waals surface area contributed by atoms with Crippen LogP contribution in [0.1, 0.15) is 38.2 Å². The van der Waals surface area contributed by atoms with Gasteiger partial charge in [-0.2, -0.15) is 4.72 Å². The van der Waals surface area contributed by atoms with Gasteiger partial charge in [0.1, 0.15) is 10.9 Å². The maximum absolute atomic E-state index is 13.2. The second kappa shape index (κ2) is 9.09. The van der Waals surface area contributed by atoms with Crippen molar-refractivity contribution >= 4 is 32.8 Å². The van der Waals surface area contributed by atoms with Crippen LogP contribution < -0.4 is 4.72 Å². The number of amides is 1. The number of para-hydroxylation sites is 1. The van der Waals surface area contributed by atoms with Gasteiger partial charge in [0.25, 0.3) is 0 Å². The average Bonchev–Trinajstić information content (AvgIpc) is 2.70. The molecule has 0 unspecified atom stereocenters. The van der Waals surface area contributed by atoms with Gasteiger partial charge in [-0.15, -0.1) is 0 Å². The van der Waals surface area contributed by atoms with Crippen LogP contribution in [0.4, 0.5) is 0 Å². The smallest absolute Gasteiger partial charge is 0.303 e. The van der Waals surface area contributed by atoms with Gasteiger partial charge in [-0.3, -0.25) is 14.6 Å². The Kier molecular flexibility index (Phi) is 6.72. The van der Waals surface area contributed by atoms with Gasteiger partial charge >= 0.3 is 5.97 Å². The summed E-state index contributed by atoms with van der Waals surface area (Å²) in [6.07, 6.45) is 2.85. The number of rotatable bonds is 7. The molecule has 2 aromatic rings. The van der Waals surface area contributed by atoms with Crippen LogP contribution in [0.25, 0.3) is 10.9 Å². The van der Waals surface area contributed by atoms with Gasteiger partial charge in [-0.1, -0.05) is 19.1 Å². The number of carboxylic acid groups (broad SMARTS) is 1. The van der Waals surface area contributed by atoms with Crippen LogP contribution in [0.15, 0.2) is 35.4 Å². The number of carbonyl (C=O) groups is 2. The Morgan fingerprint density at radius 2 is 2.00 bits per heavy atom. The van der Waals surface area contributed by atoms with Gasteiger partial charge in [0.05, 0.1) is 5.52 Å². The second-order valence-electron chi connectivity index (χ2n) is 7.95. The molecule has 0 bridgehead atoms. The van der Waals surface area contributed by atoms with Crippen molar-refractivity contribution in [3.05, 3.63) is 36.0 Å². The van der Waals surface area contributed by atoms with E-state index in [4.69, 9.17) is 5.11 Å². The summed E-state index contributed by atoms with van der Waals surface area (Å²) in [7, 11) is -4.09. The molecule has 1 saturated heterocycles. The van der Waals surface area contributed by atoms with Crippen molar-refractivity contribution in [1.29, 1.82) is 0 Å². The van der Waals surface area contributed by atoms with E-state index in [1.54, 1.807) is 23.2 Å². The summed E-state index contributed by atoms with van der Waals surface area (Å²) in [6, 6.07) is 5.53. The highest BCUT2D eigenvalue weighted by atomic mass is 32.2. The molecule has 1 atom stereocenters. The van der Waals surface area contributed by atoms with Crippen molar-refractivity contribution < 1.29 is 23.1 Å². The number of pyridine rings is 1. The summed E-state index contributed by atoms with van der Waals surface area (Å²) in [5.74, 6) is -0.953. The summed E-state index contributed by atoms with van der Waals surface area (Å²) in [5, 5.41) is 9.74. The Balaban J connectivity index is 1.89. The Morgan fingerprint density at radius 3 is 2.67 bits per heavy atom. The normalized spacial score (nSPS) is 16.5. The summed E-state index contributed by atoms with van der Waals surface area (Å²) in [5.41, 5.74) is 1.21. The van der Waals surface area contributed by atoms with E-state index in [1.165, 1.54) is 6.07 Å². The van der Waals surface area contributed by atoms with Gasteiger partial charge < -0.3 is 10.0 Å². The van der Waals surface area contributed by atoms with Gasteiger partial charge in [0.15, 0.2) is 0 Å². The van der Waals surface area contributed by atoms with E-state index in [0.29, 0.717) is 29.9 Å². The molecule has 30 heavy (non-hydrogen) atoms. The van der Waals surface area contributed by atoms with Crippen molar-refractivity contribution in [2.24, 2.45) is 5.92 Å². The van der Waals surface area contributed by atoms with Crippen molar-refractivity contribution in [2.75, 3.05) is 13.1 Å². The van der Waals surface area contributed by atoms with E-state index in [-0.39, 0.29) is 23.6 Å². The number of benzene rings is 1. The SMILES string of the molecule is Cc1cnc2c(S(=O)(=O)N[C@@H](CCC(=O)O)C(=O)N3CCC(C)CC3)cccc2c1. The first-order chi connectivity index (χ1) is 14.2.